The van der Waals surface area contributed by atoms with Crippen LogP contribution in [0.1, 0.15) is 35.7 Å². The highest BCUT2D eigenvalue weighted by atomic mass is 16.1. The van der Waals surface area contributed by atoms with Gasteiger partial charge in [0.25, 0.3) is 5.56 Å². The average molecular weight is 315 g/mol. The zero-order chi connectivity index (χ0) is 16.1. The SMILES string of the molecule is Cc1nn(C)c2[nH]c(=O)c3c(c12)C(N1CCN(C)CC1)CCC3. The molecular weight excluding hydrogens is 290 g/mol. The van der Waals surface area contributed by atoms with Gasteiger partial charge in [0.2, 0.25) is 0 Å². The first-order valence-electron chi connectivity index (χ1n) is 8.57. The minimum Gasteiger partial charge on any atom is -0.307 e. The summed E-state index contributed by atoms with van der Waals surface area (Å²) in [7, 11) is 4.09. The van der Waals surface area contributed by atoms with E-state index in [9.17, 15) is 4.79 Å². The molecule has 1 aliphatic carbocycles. The summed E-state index contributed by atoms with van der Waals surface area (Å²) >= 11 is 0. The van der Waals surface area contributed by atoms with E-state index in [1.54, 1.807) is 0 Å². The minimum absolute atomic E-state index is 0.0781. The molecule has 0 spiro atoms. The van der Waals surface area contributed by atoms with Crippen molar-refractivity contribution in [2.45, 2.75) is 32.2 Å². The number of nitrogens with one attached hydrogen (secondary N) is 1. The second-order valence-corrected chi connectivity index (χ2v) is 7.03. The Hall–Kier alpha value is -1.66. The number of aromatic amines is 1. The van der Waals surface area contributed by atoms with Gasteiger partial charge in [0.15, 0.2) is 0 Å². The van der Waals surface area contributed by atoms with Gasteiger partial charge in [-0.25, -0.2) is 0 Å². The Balaban J connectivity index is 1.89. The fourth-order valence-corrected chi connectivity index (χ4v) is 4.31. The molecule has 2 aliphatic rings. The molecule has 0 bridgehead atoms. The molecule has 1 fully saturated rings. The van der Waals surface area contributed by atoms with Crippen molar-refractivity contribution in [3.63, 3.8) is 0 Å². The predicted molar refractivity (Wildman–Crippen MR) is 90.8 cm³/mol. The van der Waals surface area contributed by atoms with E-state index in [0.29, 0.717) is 6.04 Å². The largest absolute Gasteiger partial charge is 0.307 e. The Morgan fingerprint density at radius 3 is 2.65 bits per heavy atom. The molecule has 124 valence electrons. The second-order valence-electron chi connectivity index (χ2n) is 7.03. The summed E-state index contributed by atoms with van der Waals surface area (Å²) in [5, 5.41) is 5.72. The zero-order valence-electron chi connectivity index (χ0n) is 14.2. The third-order valence-electron chi connectivity index (χ3n) is 5.54. The number of piperazine rings is 1. The van der Waals surface area contributed by atoms with Gasteiger partial charge in [-0.1, -0.05) is 0 Å². The van der Waals surface area contributed by atoms with Gasteiger partial charge >= 0.3 is 0 Å². The summed E-state index contributed by atoms with van der Waals surface area (Å²) in [6, 6.07) is 0.361. The van der Waals surface area contributed by atoms with E-state index in [2.05, 4.69) is 33.9 Å². The molecule has 23 heavy (non-hydrogen) atoms. The molecule has 1 unspecified atom stereocenters. The van der Waals surface area contributed by atoms with Crippen LogP contribution in [0.25, 0.3) is 11.0 Å². The van der Waals surface area contributed by atoms with Crippen molar-refractivity contribution in [1.82, 2.24) is 24.6 Å². The quantitative estimate of drug-likeness (QED) is 0.859. The maximum absolute atomic E-state index is 12.6. The lowest BCUT2D eigenvalue weighted by Crippen LogP contribution is -2.47. The Morgan fingerprint density at radius 1 is 1.17 bits per heavy atom. The molecule has 0 amide bonds. The van der Waals surface area contributed by atoms with Crippen LogP contribution in [-0.2, 0) is 13.5 Å². The van der Waals surface area contributed by atoms with Crippen LogP contribution in [0.3, 0.4) is 0 Å². The molecule has 0 saturated carbocycles. The van der Waals surface area contributed by atoms with E-state index < -0.39 is 0 Å². The molecular formula is C17H25N5O. The van der Waals surface area contributed by atoms with Crippen LogP contribution in [0.4, 0.5) is 0 Å². The molecule has 6 heteroatoms. The van der Waals surface area contributed by atoms with Crippen molar-refractivity contribution in [3.05, 3.63) is 27.2 Å². The Labute approximate surface area is 136 Å². The van der Waals surface area contributed by atoms with Crippen molar-refractivity contribution in [2.24, 2.45) is 7.05 Å². The first kappa shape index (κ1) is 14.9. The van der Waals surface area contributed by atoms with E-state index >= 15 is 0 Å². The minimum atomic E-state index is 0.0781. The summed E-state index contributed by atoms with van der Waals surface area (Å²) < 4.78 is 1.81. The number of fused-ring (bicyclic) bond motifs is 3. The maximum Gasteiger partial charge on any atom is 0.253 e. The summed E-state index contributed by atoms with van der Waals surface area (Å²) in [4.78, 5) is 20.6. The summed E-state index contributed by atoms with van der Waals surface area (Å²) in [6.45, 7) is 6.41. The van der Waals surface area contributed by atoms with Gasteiger partial charge in [0.05, 0.1) is 5.69 Å². The normalized spacial score (nSPS) is 23.3. The first-order valence-corrected chi connectivity index (χ1v) is 8.57. The number of pyridine rings is 1. The summed E-state index contributed by atoms with van der Waals surface area (Å²) in [6.07, 6.45) is 3.13. The van der Waals surface area contributed by atoms with E-state index in [1.807, 2.05) is 11.7 Å². The van der Waals surface area contributed by atoms with Gasteiger partial charge in [-0.05, 0) is 38.8 Å². The average Bonchev–Trinajstić information content (AvgIpc) is 2.82. The van der Waals surface area contributed by atoms with Crippen molar-refractivity contribution in [2.75, 3.05) is 33.2 Å². The highest BCUT2D eigenvalue weighted by Gasteiger charge is 2.32. The third kappa shape index (κ3) is 2.32. The molecule has 1 aliphatic heterocycles. The lowest BCUT2D eigenvalue weighted by Gasteiger charge is -2.40. The first-order chi connectivity index (χ1) is 11.1. The Bertz CT molecular complexity index is 797. The predicted octanol–water partition coefficient (Wildman–Crippen LogP) is 1.19. The van der Waals surface area contributed by atoms with Gasteiger partial charge in [0.1, 0.15) is 5.65 Å². The fourth-order valence-electron chi connectivity index (χ4n) is 4.31. The molecule has 3 heterocycles. The number of aromatic nitrogens is 3. The standard InChI is InChI=1S/C17H25N5O/c1-11-14-15-12(17(23)18-16(14)21(3)19-11)5-4-6-13(15)22-9-7-20(2)8-10-22/h13H,4-10H2,1-3H3,(H,18,23). The van der Waals surface area contributed by atoms with Gasteiger partial charge in [0, 0.05) is 50.2 Å². The summed E-state index contributed by atoms with van der Waals surface area (Å²) in [5.74, 6) is 0. The third-order valence-corrected chi connectivity index (χ3v) is 5.54. The van der Waals surface area contributed by atoms with Crippen molar-refractivity contribution in [3.8, 4) is 0 Å². The lowest BCUT2D eigenvalue weighted by molar-refractivity contribution is 0.103. The molecule has 6 nitrogen and oxygen atoms in total. The lowest BCUT2D eigenvalue weighted by atomic mass is 9.85. The maximum atomic E-state index is 12.6. The number of aryl methyl sites for hydroxylation is 2. The van der Waals surface area contributed by atoms with Gasteiger partial charge in [-0.3, -0.25) is 14.4 Å². The zero-order valence-corrected chi connectivity index (χ0v) is 14.2. The van der Waals surface area contributed by atoms with Gasteiger partial charge in [-0.15, -0.1) is 0 Å². The molecule has 4 rings (SSSR count). The monoisotopic (exact) mass is 315 g/mol. The topological polar surface area (TPSA) is 57.2 Å². The van der Waals surface area contributed by atoms with Crippen LogP contribution in [0.15, 0.2) is 4.79 Å². The van der Waals surface area contributed by atoms with Crippen LogP contribution in [0.5, 0.6) is 0 Å². The smallest absolute Gasteiger partial charge is 0.253 e. The second kappa shape index (κ2) is 5.46. The summed E-state index contributed by atoms with van der Waals surface area (Å²) in [5.41, 5.74) is 4.21. The van der Waals surface area contributed by atoms with E-state index in [1.165, 1.54) is 10.9 Å². The molecule has 1 saturated heterocycles. The van der Waals surface area contributed by atoms with Crippen LogP contribution < -0.4 is 5.56 Å². The van der Waals surface area contributed by atoms with Crippen LogP contribution in [-0.4, -0.2) is 57.8 Å². The van der Waals surface area contributed by atoms with Crippen molar-refractivity contribution < 1.29 is 0 Å². The van der Waals surface area contributed by atoms with E-state index in [4.69, 9.17) is 0 Å². The molecule has 1 atom stereocenters. The van der Waals surface area contributed by atoms with Crippen LogP contribution in [0, 0.1) is 6.92 Å². The van der Waals surface area contributed by atoms with Crippen LogP contribution >= 0.6 is 0 Å². The van der Waals surface area contributed by atoms with Crippen molar-refractivity contribution in [1.29, 1.82) is 0 Å². The number of H-pyrrole nitrogens is 1. The number of likely N-dealkylation sites (N-methyl/N-ethyl adjacent to an activating group) is 1. The molecule has 0 aromatic carbocycles. The highest BCUT2D eigenvalue weighted by Crippen LogP contribution is 2.38. The number of nitrogens with zero attached hydrogens (tertiary/aromatic N) is 4. The van der Waals surface area contributed by atoms with E-state index in [0.717, 1.165) is 62.3 Å². The van der Waals surface area contributed by atoms with E-state index in [-0.39, 0.29) is 5.56 Å². The fraction of sp³-hybridized carbons (Fsp3) is 0.647. The highest BCUT2D eigenvalue weighted by molar-refractivity contribution is 5.83. The van der Waals surface area contributed by atoms with Crippen LogP contribution in [0.2, 0.25) is 0 Å². The molecule has 2 aromatic heterocycles. The molecule has 1 N–H and O–H groups in total. The Kier molecular flexibility index (Phi) is 3.54. The molecule has 0 radical (unpaired) electrons. The van der Waals surface area contributed by atoms with Gasteiger partial charge < -0.3 is 9.88 Å². The number of hydrogen-bond acceptors (Lipinski definition) is 4. The Morgan fingerprint density at radius 2 is 1.91 bits per heavy atom. The molecule has 2 aromatic rings. The number of hydrogen-bond donors (Lipinski definition) is 1. The van der Waals surface area contributed by atoms with Gasteiger partial charge in [-0.2, -0.15) is 5.10 Å². The number of rotatable bonds is 1. The van der Waals surface area contributed by atoms with Crippen molar-refractivity contribution >= 4 is 11.0 Å².